The molecule has 0 saturated heterocycles. The number of fused-ring (bicyclic) bond motifs is 2. The van der Waals surface area contributed by atoms with E-state index in [1.54, 1.807) is 36.4 Å². The molecule has 0 radical (unpaired) electrons. The number of aromatic nitrogens is 2. The number of amides is 1. The second kappa shape index (κ2) is 7.14. The monoisotopic (exact) mass is 353 g/mol. The third-order valence-electron chi connectivity index (χ3n) is 3.56. The predicted octanol–water partition coefficient (Wildman–Crippen LogP) is 2.07. The Morgan fingerprint density at radius 2 is 1.85 bits per heavy atom. The van der Waals surface area contributed by atoms with Crippen LogP contribution in [0.1, 0.15) is 17.3 Å². The van der Waals surface area contributed by atoms with Gasteiger partial charge in [-0.3, -0.25) is 9.59 Å². The van der Waals surface area contributed by atoms with Crippen molar-refractivity contribution in [2.75, 3.05) is 19.0 Å². The third kappa shape index (κ3) is 3.59. The summed E-state index contributed by atoms with van der Waals surface area (Å²) in [5.41, 5.74) is 2.91. The van der Waals surface area contributed by atoms with Crippen LogP contribution in [0.25, 0.3) is 22.1 Å². The first-order valence-corrected chi connectivity index (χ1v) is 7.70. The van der Waals surface area contributed by atoms with Gasteiger partial charge >= 0.3 is 11.9 Å². The zero-order chi connectivity index (χ0) is 18.7. The van der Waals surface area contributed by atoms with Crippen LogP contribution in [0.5, 0.6) is 0 Å². The Morgan fingerprint density at radius 1 is 1.04 bits per heavy atom. The minimum atomic E-state index is -0.530. The number of methoxy groups -OCH3 is 1. The van der Waals surface area contributed by atoms with Crippen molar-refractivity contribution in [3.8, 4) is 0 Å². The molecule has 0 aliphatic carbocycles. The molecule has 0 aliphatic rings. The first-order valence-electron chi connectivity index (χ1n) is 7.70. The first kappa shape index (κ1) is 17.3. The highest BCUT2D eigenvalue weighted by atomic mass is 16.5. The number of nitrogens with zero attached hydrogens (tertiary/aromatic N) is 2. The normalized spacial score (nSPS) is 10.5. The molecule has 1 N–H and O–H groups in total. The average Bonchev–Trinajstić information content (AvgIpc) is 2.63. The van der Waals surface area contributed by atoms with Gasteiger partial charge in [0.05, 0.1) is 29.2 Å². The van der Waals surface area contributed by atoms with E-state index < -0.39 is 17.8 Å². The van der Waals surface area contributed by atoms with Gasteiger partial charge in [0.1, 0.15) is 5.52 Å². The van der Waals surface area contributed by atoms with Crippen molar-refractivity contribution in [2.24, 2.45) is 0 Å². The Balaban J connectivity index is 1.95. The molecule has 1 aromatic heterocycles. The molecule has 0 saturated carbocycles. The lowest BCUT2D eigenvalue weighted by Crippen LogP contribution is -2.19. The number of nitrogens with one attached hydrogen (secondary N) is 1. The van der Waals surface area contributed by atoms with Crippen LogP contribution in [0.3, 0.4) is 0 Å². The van der Waals surface area contributed by atoms with E-state index in [4.69, 9.17) is 4.74 Å². The molecule has 0 aliphatic heterocycles. The fraction of sp³-hybridized carbons (Fsp3) is 0.167. The average molecular weight is 353 g/mol. The molecule has 132 valence electrons. The predicted molar refractivity (Wildman–Crippen MR) is 93.6 cm³/mol. The maximum absolute atomic E-state index is 11.9. The van der Waals surface area contributed by atoms with Crippen LogP contribution in [-0.4, -0.2) is 41.5 Å². The summed E-state index contributed by atoms with van der Waals surface area (Å²) in [6, 6.07) is 10.0. The van der Waals surface area contributed by atoms with Crippen LogP contribution in [0, 0.1) is 0 Å². The molecule has 0 fully saturated rings. The summed E-state index contributed by atoms with van der Waals surface area (Å²) in [5.74, 6) is -1.47. The highest BCUT2D eigenvalue weighted by Gasteiger charge is 2.13. The zero-order valence-electron chi connectivity index (χ0n) is 14.1. The van der Waals surface area contributed by atoms with Gasteiger partial charge in [0, 0.05) is 12.6 Å². The number of hydrogen-bond acceptors (Lipinski definition) is 7. The summed E-state index contributed by atoms with van der Waals surface area (Å²) >= 11 is 0. The van der Waals surface area contributed by atoms with E-state index in [-0.39, 0.29) is 6.61 Å². The quantitative estimate of drug-likeness (QED) is 0.565. The Hall–Kier alpha value is -3.55. The Kier molecular flexibility index (Phi) is 4.74. The van der Waals surface area contributed by atoms with E-state index >= 15 is 0 Å². The van der Waals surface area contributed by atoms with Crippen LogP contribution in [0.2, 0.25) is 0 Å². The van der Waals surface area contributed by atoms with Gasteiger partial charge in [-0.2, -0.15) is 0 Å². The van der Waals surface area contributed by atoms with Gasteiger partial charge in [-0.15, -0.1) is 0 Å². The summed E-state index contributed by atoms with van der Waals surface area (Å²) in [4.78, 5) is 43.3. The second-order valence-corrected chi connectivity index (χ2v) is 5.42. The molecule has 3 aromatic rings. The van der Waals surface area contributed by atoms with Crippen molar-refractivity contribution >= 4 is 45.6 Å². The molecule has 8 nitrogen and oxygen atoms in total. The molecule has 2 aromatic carbocycles. The minimum absolute atomic E-state index is 0.332. The fourth-order valence-corrected chi connectivity index (χ4v) is 2.41. The van der Waals surface area contributed by atoms with Gasteiger partial charge in [0.25, 0.3) is 5.91 Å². The van der Waals surface area contributed by atoms with Gasteiger partial charge in [0.2, 0.25) is 0 Å². The van der Waals surface area contributed by atoms with Gasteiger partial charge < -0.3 is 14.8 Å². The molecule has 0 unspecified atom stereocenters. The lowest BCUT2D eigenvalue weighted by molar-refractivity contribution is -0.144. The van der Waals surface area contributed by atoms with Crippen LogP contribution < -0.4 is 5.32 Å². The lowest BCUT2D eigenvalue weighted by atomic mass is 10.1. The Morgan fingerprint density at radius 3 is 2.58 bits per heavy atom. The number of carbonyl (C=O) groups is 3. The van der Waals surface area contributed by atoms with Crippen LogP contribution in [0.4, 0.5) is 5.69 Å². The number of carbonyl (C=O) groups excluding carboxylic acids is 3. The van der Waals surface area contributed by atoms with Crippen molar-refractivity contribution in [1.29, 1.82) is 0 Å². The molecule has 0 atom stereocenters. The maximum Gasteiger partial charge on any atom is 0.340 e. The highest BCUT2D eigenvalue weighted by molar-refractivity contribution is 6.03. The van der Waals surface area contributed by atoms with Gasteiger partial charge in [-0.25, -0.2) is 14.8 Å². The Labute approximate surface area is 148 Å². The smallest absolute Gasteiger partial charge is 0.340 e. The molecule has 1 amide bonds. The van der Waals surface area contributed by atoms with Crippen molar-refractivity contribution in [1.82, 2.24) is 9.97 Å². The zero-order valence-corrected chi connectivity index (χ0v) is 14.1. The van der Waals surface area contributed by atoms with Gasteiger partial charge in [0.15, 0.2) is 6.61 Å². The SMILES string of the molecule is COC(=O)c1cccc2nc3cc(NC(=O)COC(C)=O)ccc3nc12. The number of anilines is 1. The van der Waals surface area contributed by atoms with Crippen LogP contribution >= 0.6 is 0 Å². The van der Waals surface area contributed by atoms with E-state index in [1.807, 2.05) is 0 Å². The first-order chi connectivity index (χ1) is 12.5. The van der Waals surface area contributed by atoms with Crippen molar-refractivity contribution < 1.29 is 23.9 Å². The molecule has 8 heteroatoms. The van der Waals surface area contributed by atoms with Crippen LogP contribution in [-0.2, 0) is 19.1 Å². The molecule has 1 heterocycles. The number of ether oxygens (including phenoxy) is 2. The molecule has 0 spiro atoms. The minimum Gasteiger partial charge on any atom is -0.465 e. The Bertz CT molecular complexity index is 1030. The lowest BCUT2D eigenvalue weighted by Gasteiger charge is -2.08. The number of esters is 2. The van der Waals surface area contributed by atoms with E-state index in [9.17, 15) is 14.4 Å². The maximum atomic E-state index is 11.9. The number of para-hydroxylation sites is 1. The molecular weight excluding hydrogens is 338 g/mol. The molecule has 3 rings (SSSR count). The summed E-state index contributed by atoms with van der Waals surface area (Å²) in [5, 5.41) is 2.62. The summed E-state index contributed by atoms with van der Waals surface area (Å²) in [6.07, 6.45) is 0. The van der Waals surface area contributed by atoms with Gasteiger partial charge in [-0.1, -0.05) is 6.07 Å². The van der Waals surface area contributed by atoms with E-state index in [0.717, 1.165) is 0 Å². The topological polar surface area (TPSA) is 107 Å². The summed E-state index contributed by atoms with van der Waals surface area (Å²) in [6.45, 7) is 0.867. The highest BCUT2D eigenvalue weighted by Crippen LogP contribution is 2.22. The van der Waals surface area contributed by atoms with Crippen LogP contribution in [0.15, 0.2) is 36.4 Å². The molecule has 0 bridgehead atoms. The molecular formula is C18H15N3O5. The summed E-state index contributed by atoms with van der Waals surface area (Å²) in [7, 11) is 1.31. The van der Waals surface area contributed by atoms with Gasteiger partial charge in [-0.05, 0) is 30.3 Å². The number of hydrogen-bond donors (Lipinski definition) is 1. The third-order valence-corrected chi connectivity index (χ3v) is 3.56. The van der Waals surface area contributed by atoms with E-state index in [1.165, 1.54) is 14.0 Å². The van der Waals surface area contributed by atoms with Crippen molar-refractivity contribution in [3.05, 3.63) is 42.0 Å². The second-order valence-electron chi connectivity index (χ2n) is 5.42. The number of rotatable bonds is 4. The molecule has 26 heavy (non-hydrogen) atoms. The largest absolute Gasteiger partial charge is 0.465 e. The van der Waals surface area contributed by atoms with E-state index in [2.05, 4.69) is 20.0 Å². The number of benzene rings is 2. The van der Waals surface area contributed by atoms with Crippen molar-refractivity contribution in [2.45, 2.75) is 6.92 Å². The fourth-order valence-electron chi connectivity index (χ4n) is 2.41. The van der Waals surface area contributed by atoms with Crippen molar-refractivity contribution in [3.63, 3.8) is 0 Å². The van der Waals surface area contributed by atoms with E-state index in [0.29, 0.717) is 33.3 Å². The standard InChI is InChI=1S/C18H15N3O5/c1-10(22)26-9-16(23)19-11-6-7-13-15(8-11)20-14-5-3-4-12(17(14)21-13)18(24)25-2/h3-8H,9H2,1-2H3,(H,19,23). The summed E-state index contributed by atoms with van der Waals surface area (Å²) < 4.78 is 9.41.